The summed E-state index contributed by atoms with van der Waals surface area (Å²) in [5.74, 6) is 1.62. The van der Waals surface area contributed by atoms with E-state index in [1.165, 1.54) is 55.7 Å². The maximum absolute atomic E-state index is 2.42. The fraction of sp³-hybridized carbons (Fsp3) is 0.273. The van der Waals surface area contributed by atoms with Gasteiger partial charge in [0, 0.05) is 28.3 Å². The third kappa shape index (κ3) is 5.34. The molecule has 5 aromatic carbocycles. The van der Waals surface area contributed by atoms with Gasteiger partial charge in [-0.2, -0.15) is 18.3 Å². The molecule has 4 nitrogen and oxygen atoms in total. The van der Waals surface area contributed by atoms with Crippen LogP contribution in [0.2, 0.25) is 0 Å². The Balaban J connectivity index is 1.44. The minimum atomic E-state index is 0.405. The maximum Gasteiger partial charge on any atom is 0.255 e. The average molecular weight is 633 g/mol. The molecule has 48 heavy (non-hydrogen) atoms. The van der Waals surface area contributed by atoms with Gasteiger partial charge in [-0.3, -0.25) is 0 Å². The molecule has 0 unspecified atom stereocenters. The van der Waals surface area contributed by atoms with Crippen molar-refractivity contribution in [3.8, 4) is 22.7 Å². The van der Waals surface area contributed by atoms with Crippen LogP contribution in [0.5, 0.6) is 0 Å². The third-order valence-corrected chi connectivity index (χ3v) is 9.82. The molecule has 0 saturated heterocycles. The summed E-state index contributed by atoms with van der Waals surface area (Å²) in [6.45, 7) is 18.4. The first-order chi connectivity index (χ1) is 23.2. The van der Waals surface area contributed by atoms with Crippen LogP contribution in [0.3, 0.4) is 0 Å². The second kappa shape index (κ2) is 12.6. The number of imidazole rings is 2. The average Bonchev–Trinajstić information content (AvgIpc) is 3.67. The van der Waals surface area contributed by atoms with Gasteiger partial charge in [0.1, 0.15) is 22.7 Å². The highest BCUT2D eigenvalue weighted by Crippen LogP contribution is 2.32. The predicted molar refractivity (Wildman–Crippen MR) is 200 cm³/mol. The summed E-state index contributed by atoms with van der Waals surface area (Å²) in [4.78, 5) is 0. The Hall–Kier alpha value is -4.96. The highest BCUT2D eigenvalue weighted by atomic mass is 15.2. The van der Waals surface area contributed by atoms with Crippen molar-refractivity contribution in [3.05, 3.63) is 144 Å². The quantitative estimate of drug-likeness (QED) is 0.148. The van der Waals surface area contributed by atoms with Gasteiger partial charge in [-0.1, -0.05) is 122 Å². The van der Waals surface area contributed by atoms with Crippen LogP contribution in [0.4, 0.5) is 0 Å². The van der Waals surface area contributed by atoms with E-state index < -0.39 is 0 Å². The molecule has 2 heterocycles. The standard InChI is InChI=1S/C44H48N4/c1-29(2)35-18-14-19-36(30(3)4)43(35)47-27-45(39-22-9-11-24-41(39)47)33-16-13-17-34(26-33)46-28-48(42-25-12-10-23-40(42)46)44-37(31(5)6)20-15-21-38(44)32(7)8/h9-32H,1-8H3/q+2. The number of hydrogen-bond donors (Lipinski definition) is 0. The van der Waals surface area contributed by atoms with Crippen molar-refractivity contribution < 1.29 is 9.13 Å². The zero-order valence-electron chi connectivity index (χ0n) is 29.6. The zero-order chi connectivity index (χ0) is 33.7. The van der Waals surface area contributed by atoms with Crippen LogP contribution in [-0.4, -0.2) is 9.13 Å². The van der Waals surface area contributed by atoms with Gasteiger partial charge in [0.15, 0.2) is 22.1 Å². The molecule has 0 saturated carbocycles. The number of rotatable bonds is 8. The second-order valence-electron chi connectivity index (χ2n) is 14.4. The Morgan fingerprint density at radius 2 is 0.729 bits per heavy atom. The molecule has 0 amide bonds. The van der Waals surface area contributed by atoms with Crippen molar-refractivity contribution in [2.75, 3.05) is 0 Å². The Labute approximate surface area is 285 Å². The van der Waals surface area contributed by atoms with Crippen molar-refractivity contribution >= 4 is 22.1 Å². The monoisotopic (exact) mass is 632 g/mol. The molecule has 7 aromatic rings. The summed E-state index contributed by atoms with van der Waals surface area (Å²) in [5, 5.41) is 0. The van der Waals surface area contributed by atoms with Crippen LogP contribution in [0.1, 0.15) is 101 Å². The van der Waals surface area contributed by atoms with E-state index >= 15 is 0 Å². The van der Waals surface area contributed by atoms with Crippen molar-refractivity contribution in [2.45, 2.75) is 79.1 Å². The highest BCUT2D eigenvalue weighted by Gasteiger charge is 2.28. The van der Waals surface area contributed by atoms with E-state index in [0.29, 0.717) is 23.7 Å². The van der Waals surface area contributed by atoms with Gasteiger partial charge < -0.3 is 0 Å². The molecule has 0 atom stereocenters. The number of fused-ring (bicyclic) bond motifs is 2. The van der Waals surface area contributed by atoms with Gasteiger partial charge in [0.2, 0.25) is 0 Å². The zero-order valence-corrected chi connectivity index (χ0v) is 29.6. The molecule has 0 aliphatic carbocycles. The fourth-order valence-electron chi connectivity index (χ4n) is 7.36. The largest absolute Gasteiger partial charge is 0.255 e. The summed E-state index contributed by atoms with van der Waals surface area (Å²) in [5.41, 5.74) is 15.1. The van der Waals surface area contributed by atoms with Gasteiger partial charge in [0.25, 0.3) is 12.7 Å². The number of benzene rings is 5. The van der Waals surface area contributed by atoms with Crippen LogP contribution >= 0.6 is 0 Å². The van der Waals surface area contributed by atoms with Gasteiger partial charge in [0.05, 0.1) is 0 Å². The molecule has 0 bridgehead atoms. The molecular weight excluding hydrogens is 585 g/mol. The van der Waals surface area contributed by atoms with Crippen LogP contribution in [-0.2, 0) is 0 Å². The lowest BCUT2D eigenvalue weighted by molar-refractivity contribution is -0.569. The lowest BCUT2D eigenvalue weighted by atomic mass is 9.92. The lowest BCUT2D eigenvalue weighted by Crippen LogP contribution is -2.33. The van der Waals surface area contributed by atoms with E-state index in [1.807, 2.05) is 0 Å². The van der Waals surface area contributed by atoms with E-state index in [4.69, 9.17) is 0 Å². The number of nitrogens with zero attached hydrogens (tertiary/aromatic N) is 4. The molecule has 0 aliphatic rings. The second-order valence-corrected chi connectivity index (χ2v) is 14.4. The van der Waals surface area contributed by atoms with Gasteiger partial charge >= 0.3 is 0 Å². The van der Waals surface area contributed by atoms with E-state index in [-0.39, 0.29) is 0 Å². The number of para-hydroxylation sites is 6. The van der Waals surface area contributed by atoms with E-state index in [9.17, 15) is 0 Å². The number of hydrogen-bond acceptors (Lipinski definition) is 0. The molecule has 0 radical (unpaired) electrons. The summed E-state index contributed by atoms with van der Waals surface area (Å²) in [6.07, 6.45) is 4.58. The molecule has 0 N–H and O–H groups in total. The molecule has 2 aromatic heterocycles. The molecule has 4 heteroatoms. The third-order valence-electron chi connectivity index (χ3n) is 9.82. The lowest BCUT2D eigenvalue weighted by Gasteiger charge is -2.16. The summed E-state index contributed by atoms with van der Waals surface area (Å²) in [6, 6.07) is 40.1. The van der Waals surface area contributed by atoms with Crippen LogP contribution in [0, 0.1) is 0 Å². The van der Waals surface area contributed by atoms with E-state index in [2.05, 4.69) is 196 Å². The Morgan fingerprint density at radius 1 is 0.396 bits per heavy atom. The molecule has 0 fully saturated rings. The van der Waals surface area contributed by atoms with Gasteiger partial charge in [-0.25, -0.2) is 0 Å². The van der Waals surface area contributed by atoms with Crippen molar-refractivity contribution in [3.63, 3.8) is 0 Å². The minimum Gasteiger partial charge on any atom is -0.194 e. The maximum atomic E-state index is 2.42. The Bertz CT molecular complexity index is 2050. The highest BCUT2D eigenvalue weighted by molar-refractivity contribution is 5.77. The van der Waals surface area contributed by atoms with Crippen LogP contribution < -0.4 is 9.13 Å². The summed E-state index contributed by atoms with van der Waals surface area (Å²) < 4.78 is 9.54. The molecular formula is C44H48N4+2. The summed E-state index contributed by atoms with van der Waals surface area (Å²) >= 11 is 0. The molecule has 0 spiro atoms. The number of aromatic nitrogens is 4. The molecule has 242 valence electrons. The topological polar surface area (TPSA) is 17.6 Å². The Morgan fingerprint density at radius 3 is 1.08 bits per heavy atom. The fourth-order valence-corrected chi connectivity index (χ4v) is 7.36. The van der Waals surface area contributed by atoms with Crippen molar-refractivity contribution in [2.24, 2.45) is 0 Å². The predicted octanol–water partition coefficient (Wildman–Crippen LogP) is 10.6. The first-order valence-corrected chi connectivity index (χ1v) is 17.6. The normalized spacial score (nSPS) is 12.1. The first kappa shape index (κ1) is 31.6. The van der Waals surface area contributed by atoms with E-state index in [0.717, 1.165) is 11.4 Å². The molecule has 7 rings (SSSR count). The first-order valence-electron chi connectivity index (χ1n) is 17.6. The van der Waals surface area contributed by atoms with Gasteiger partial charge in [-0.05, 0) is 60.1 Å². The van der Waals surface area contributed by atoms with Crippen molar-refractivity contribution in [1.82, 2.24) is 9.13 Å². The summed E-state index contributed by atoms with van der Waals surface area (Å²) in [7, 11) is 0. The molecule has 0 aliphatic heterocycles. The van der Waals surface area contributed by atoms with Gasteiger partial charge in [-0.15, -0.1) is 0 Å². The smallest absolute Gasteiger partial charge is 0.194 e. The van der Waals surface area contributed by atoms with Crippen LogP contribution in [0.25, 0.3) is 44.8 Å². The van der Waals surface area contributed by atoms with Crippen molar-refractivity contribution in [1.29, 1.82) is 0 Å². The Kier molecular flexibility index (Phi) is 8.29. The van der Waals surface area contributed by atoms with Crippen LogP contribution in [0.15, 0.2) is 122 Å². The minimum absolute atomic E-state index is 0.405. The van der Waals surface area contributed by atoms with E-state index in [1.54, 1.807) is 0 Å². The SMILES string of the molecule is CC(C)c1cccc(C(C)C)c1-[n+]1cn(-c2cccc(-n3c[n+](-c4c(C(C)C)cccc4C(C)C)c4ccccc43)c2)c2ccccc21.